The van der Waals surface area contributed by atoms with E-state index in [0.29, 0.717) is 39.6 Å². The van der Waals surface area contributed by atoms with Crippen molar-refractivity contribution in [3.63, 3.8) is 0 Å². The summed E-state index contributed by atoms with van der Waals surface area (Å²) in [7, 11) is 0. The van der Waals surface area contributed by atoms with Gasteiger partial charge in [0.25, 0.3) is 5.97 Å². The topological polar surface area (TPSA) is 126 Å². The Morgan fingerprint density at radius 3 is 0.955 bits per heavy atom. The van der Waals surface area contributed by atoms with E-state index >= 15 is 0 Å². The number of carboxylic acid groups (broad SMARTS) is 1. The molecule has 138 valence electrons. The molecule has 0 aliphatic heterocycles. The van der Waals surface area contributed by atoms with Crippen LogP contribution in [-0.2, 0) is 19.0 Å². The molecule has 0 bridgehead atoms. The summed E-state index contributed by atoms with van der Waals surface area (Å²) < 4.78 is 14.2. The van der Waals surface area contributed by atoms with E-state index in [1.807, 2.05) is 20.8 Å². The van der Waals surface area contributed by atoms with E-state index in [-0.39, 0.29) is 19.8 Å². The first-order valence-electron chi connectivity index (χ1n) is 7.23. The summed E-state index contributed by atoms with van der Waals surface area (Å²) >= 11 is 0. The van der Waals surface area contributed by atoms with E-state index in [1.165, 1.54) is 0 Å². The van der Waals surface area contributed by atoms with Gasteiger partial charge in [0.05, 0.1) is 39.6 Å². The summed E-state index contributed by atoms with van der Waals surface area (Å²) in [5.41, 5.74) is 0. The van der Waals surface area contributed by atoms with Gasteiger partial charge in [0, 0.05) is 26.7 Å². The molecule has 0 radical (unpaired) electrons. The summed E-state index contributed by atoms with van der Waals surface area (Å²) in [6.07, 6.45) is 0. The van der Waals surface area contributed by atoms with Gasteiger partial charge in [-0.2, -0.15) is 0 Å². The van der Waals surface area contributed by atoms with Crippen molar-refractivity contribution < 1.29 is 39.4 Å². The fourth-order valence-electron chi connectivity index (χ4n) is 0.627. The van der Waals surface area contributed by atoms with Crippen molar-refractivity contribution in [1.29, 1.82) is 0 Å². The van der Waals surface area contributed by atoms with Crippen molar-refractivity contribution in [3.8, 4) is 0 Å². The number of aliphatic carboxylic acids is 1. The zero-order chi connectivity index (χ0) is 18.1. The van der Waals surface area contributed by atoms with Crippen molar-refractivity contribution in [2.75, 3.05) is 59.5 Å². The van der Waals surface area contributed by atoms with Crippen molar-refractivity contribution in [2.45, 2.75) is 27.7 Å². The second kappa shape index (κ2) is 36.9. The number of aliphatic hydroxyl groups is 3. The molecule has 0 unspecified atom stereocenters. The minimum atomic E-state index is -0.833. The lowest BCUT2D eigenvalue weighted by molar-refractivity contribution is -0.134. The van der Waals surface area contributed by atoms with Crippen LogP contribution in [0.25, 0.3) is 0 Å². The Morgan fingerprint density at radius 2 is 0.909 bits per heavy atom. The zero-order valence-corrected chi connectivity index (χ0v) is 14.3. The van der Waals surface area contributed by atoms with E-state index in [2.05, 4.69) is 0 Å². The average molecular weight is 330 g/mol. The Labute approximate surface area is 133 Å². The molecule has 8 nitrogen and oxygen atoms in total. The van der Waals surface area contributed by atoms with Crippen LogP contribution in [0.15, 0.2) is 0 Å². The quantitative estimate of drug-likeness (QED) is 0.440. The number of aliphatic hydroxyl groups excluding tert-OH is 3. The molecule has 0 spiro atoms. The molecule has 4 N–H and O–H groups in total. The van der Waals surface area contributed by atoms with Crippen molar-refractivity contribution in [1.82, 2.24) is 0 Å². The Bertz CT molecular complexity index is 132. The molecule has 0 aliphatic carbocycles. The molecule has 0 aliphatic rings. The highest BCUT2D eigenvalue weighted by Crippen LogP contribution is 1.67. The monoisotopic (exact) mass is 330 g/mol. The zero-order valence-electron chi connectivity index (χ0n) is 14.3. The Balaban J connectivity index is -0.0000000994. The number of hydrogen-bond acceptors (Lipinski definition) is 7. The minimum absolute atomic E-state index is 0.133. The van der Waals surface area contributed by atoms with Crippen LogP contribution in [0, 0.1) is 0 Å². The lowest BCUT2D eigenvalue weighted by Crippen LogP contribution is -1.96. The maximum atomic E-state index is 9.00. The van der Waals surface area contributed by atoms with Crippen LogP contribution >= 0.6 is 0 Å². The van der Waals surface area contributed by atoms with Gasteiger partial charge in [0.1, 0.15) is 0 Å². The fourth-order valence-corrected chi connectivity index (χ4v) is 0.627. The van der Waals surface area contributed by atoms with Crippen molar-refractivity contribution in [3.05, 3.63) is 0 Å². The van der Waals surface area contributed by atoms with Gasteiger partial charge in [-0.15, -0.1) is 0 Å². The van der Waals surface area contributed by atoms with E-state index in [0.717, 1.165) is 6.92 Å². The third-order valence-electron chi connectivity index (χ3n) is 1.32. The van der Waals surface area contributed by atoms with Gasteiger partial charge in [-0.05, 0) is 20.8 Å². The number of ether oxygens (including phenoxy) is 3. The smallest absolute Gasteiger partial charge is 0.300 e. The Morgan fingerprint density at radius 1 is 0.727 bits per heavy atom. The molecule has 0 aromatic heterocycles. The fraction of sp³-hybridized carbons (Fsp3) is 0.929. The first-order chi connectivity index (χ1) is 10.5. The largest absolute Gasteiger partial charge is 0.481 e. The molecule has 0 aromatic rings. The number of hydrogen-bond donors (Lipinski definition) is 4. The first-order valence-corrected chi connectivity index (χ1v) is 7.23. The standard InChI is InChI=1S/3C4H10O2.C2H4O2/c3*1-2-6-4-3-5;1-2(3)4/h3*5H,2-4H2,1H3;1H3,(H,3,4). The molecule has 0 atom stereocenters. The normalized spacial score (nSPS) is 8.50. The SMILES string of the molecule is CC(=O)O.CCOCCO.CCOCCO.CCOCCO. The Kier molecular flexibility index (Phi) is 49.1. The van der Waals surface area contributed by atoms with Gasteiger partial charge >= 0.3 is 0 Å². The minimum Gasteiger partial charge on any atom is -0.481 e. The predicted molar refractivity (Wildman–Crippen MR) is 84.0 cm³/mol. The summed E-state index contributed by atoms with van der Waals surface area (Å²) in [5, 5.41) is 31.6. The molecule has 0 saturated carbocycles. The third-order valence-corrected chi connectivity index (χ3v) is 1.32. The molecule has 0 aromatic carbocycles. The highest BCUT2D eigenvalue weighted by molar-refractivity contribution is 5.62. The van der Waals surface area contributed by atoms with E-state index in [4.69, 9.17) is 39.4 Å². The second-order valence-electron chi connectivity index (χ2n) is 3.28. The summed E-state index contributed by atoms with van der Waals surface area (Å²) in [5.74, 6) is -0.833. The maximum Gasteiger partial charge on any atom is 0.300 e. The Hall–Kier alpha value is -0.770. The van der Waals surface area contributed by atoms with Gasteiger partial charge < -0.3 is 34.6 Å². The van der Waals surface area contributed by atoms with Crippen LogP contribution in [0.2, 0.25) is 0 Å². The van der Waals surface area contributed by atoms with Crippen molar-refractivity contribution in [2.24, 2.45) is 0 Å². The molecule has 0 fully saturated rings. The molecule has 0 heterocycles. The molecule has 0 rings (SSSR count). The van der Waals surface area contributed by atoms with Gasteiger partial charge in [-0.25, -0.2) is 0 Å². The van der Waals surface area contributed by atoms with Gasteiger partial charge in [0.2, 0.25) is 0 Å². The van der Waals surface area contributed by atoms with E-state index in [9.17, 15) is 0 Å². The molecule has 8 heteroatoms. The maximum absolute atomic E-state index is 9.00. The summed E-state index contributed by atoms with van der Waals surface area (Å²) in [6, 6.07) is 0. The molecule has 0 amide bonds. The second-order valence-corrected chi connectivity index (χ2v) is 3.28. The van der Waals surface area contributed by atoms with Crippen LogP contribution in [0.1, 0.15) is 27.7 Å². The van der Waals surface area contributed by atoms with Crippen LogP contribution in [0.4, 0.5) is 0 Å². The van der Waals surface area contributed by atoms with Crippen LogP contribution in [0.3, 0.4) is 0 Å². The third kappa shape index (κ3) is 94.4. The molecular weight excluding hydrogens is 296 g/mol. The van der Waals surface area contributed by atoms with E-state index < -0.39 is 5.97 Å². The summed E-state index contributed by atoms with van der Waals surface area (Å²) in [4.78, 5) is 9.00. The highest BCUT2D eigenvalue weighted by atomic mass is 16.5. The number of carbonyl (C=O) groups is 1. The van der Waals surface area contributed by atoms with Gasteiger partial charge in [-0.3, -0.25) is 4.79 Å². The van der Waals surface area contributed by atoms with Crippen LogP contribution in [-0.4, -0.2) is 85.9 Å². The predicted octanol–water partition coefficient (Wildman–Crippen LogP) is 0.137. The van der Waals surface area contributed by atoms with Crippen LogP contribution < -0.4 is 0 Å². The van der Waals surface area contributed by atoms with Gasteiger partial charge in [0.15, 0.2) is 0 Å². The van der Waals surface area contributed by atoms with Gasteiger partial charge in [-0.1, -0.05) is 0 Å². The first kappa shape index (κ1) is 29.3. The lowest BCUT2D eigenvalue weighted by atomic mass is 10.8. The van der Waals surface area contributed by atoms with E-state index in [1.54, 1.807) is 0 Å². The van der Waals surface area contributed by atoms with Crippen LogP contribution in [0.5, 0.6) is 0 Å². The number of carboxylic acids is 1. The summed E-state index contributed by atoms with van der Waals surface area (Å²) in [6.45, 7) is 10.7. The molecule has 0 saturated heterocycles. The van der Waals surface area contributed by atoms with Crippen molar-refractivity contribution >= 4 is 5.97 Å². The molecule has 22 heavy (non-hydrogen) atoms. The average Bonchev–Trinajstić information content (AvgIpc) is 2.49. The lowest BCUT2D eigenvalue weighted by Gasteiger charge is -1.91. The highest BCUT2D eigenvalue weighted by Gasteiger charge is 1.74. The molecular formula is C14H34O8. The number of rotatable bonds is 9.